The largest absolute Gasteiger partial charge is 0.481 e. The minimum Gasteiger partial charge on any atom is -0.481 e. The number of hydrogen-bond acceptors (Lipinski definition) is 3. The second-order valence-corrected chi connectivity index (χ2v) is 5.63. The molecular weight excluding hydrogens is 246 g/mol. The lowest BCUT2D eigenvalue weighted by atomic mass is 9.83. The van der Waals surface area contributed by atoms with E-state index in [4.69, 9.17) is 9.84 Å². The summed E-state index contributed by atoms with van der Waals surface area (Å²) in [6.07, 6.45) is 6.13. The lowest BCUT2D eigenvalue weighted by Crippen LogP contribution is -2.42. The molecule has 0 aromatic heterocycles. The summed E-state index contributed by atoms with van der Waals surface area (Å²) >= 11 is 0. The Morgan fingerprint density at radius 3 is 2.37 bits per heavy atom. The van der Waals surface area contributed by atoms with Gasteiger partial charge in [0.2, 0.25) is 5.91 Å². The molecule has 2 aliphatic rings. The molecule has 19 heavy (non-hydrogen) atoms. The summed E-state index contributed by atoms with van der Waals surface area (Å²) in [7, 11) is 0. The van der Waals surface area contributed by atoms with Crippen LogP contribution in [0, 0.1) is 11.8 Å². The first-order chi connectivity index (χ1) is 9.16. The van der Waals surface area contributed by atoms with Crippen LogP contribution in [0.4, 0.5) is 0 Å². The number of amides is 1. The molecule has 2 rings (SSSR count). The quantitative estimate of drug-likeness (QED) is 0.742. The fraction of sp³-hybridized carbons (Fsp3) is 0.857. The maximum atomic E-state index is 11.9. The lowest BCUT2D eigenvalue weighted by Gasteiger charge is -2.30. The first kappa shape index (κ1) is 14.3. The number of piperidine rings is 1. The Hall–Kier alpha value is -1.10. The molecule has 1 heterocycles. The van der Waals surface area contributed by atoms with Crippen molar-refractivity contribution in [1.29, 1.82) is 0 Å². The zero-order valence-corrected chi connectivity index (χ0v) is 11.3. The van der Waals surface area contributed by atoms with Gasteiger partial charge in [0.15, 0.2) is 0 Å². The van der Waals surface area contributed by atoms with Crippen LogP contribution in [0.1, 0.15) is 38.5 Å². The Morgan fingerprint density at radius 2 is 1.84 bits per heavy atom. The van der Waals surface area contributed by atoms with Gasteiger partial charge in [0.25, 0.3) is 0 Å². The second kappa shape index (κ2) is 6.89. The summed E-state index contributed by atoms with van der Waals surface area (Å²) in [5, 5.41) is 8.89. The van der Waals surface area contributed by atoms with Crippen LogP contribution in [-0.4, -0.2) is 48.2 Å². The summed E-state index contributed by atoms with van der Waals surface area (Å²) in [5.74, 6) is -0.230. The van der Waals surface area contributed by atoms with E-state index in [0.29, 0.717) is 32.5 Å². The van der Waals surface area contributed by atoms with Gasteiger partial charge in [-0.3, -0.25) is 9.59 Å². The summed E-state index contributed by atoms with van der Waals surface area (Å²) < 4.78 is 5.42. The maximum absolute atomic E-state index is 11.9. The average Bonchev–Trinajstić information content (AvgIpc) is 2.36. The molecule has 1 amide bonds. The number of carboxylic acids is 1. The summed E-state index contributed by atoms with van der Waals surface area (Å²) in [6, 6.07) is 0. The van der Waals surface area contributed by atoms with E-state index in [1.165, 1.54) is 19.3 Å². The van der Waals surface area contributed by atoms with Crippen LogP contribution < -0.4 is 0 Å². The highest BCUT2D eigenvalue weighted by Gasteiger charge is 2.26. The SMILES string of the molecule is O=C(O)C1CCN(C(=O)COCCC2CCC2)CC1. The number of aliphatic carboxylic acids is 1. The first-order valence-electron chi connectivity index (χ1n) is 7.25. The lowest BCUT2D eigenvalue weighted by molar-refractivity contribution is -0.146. The smallest absolute Gasteiger partial charge is 0.306 e. The molecule has 5 nitrogen and oxygen atoms in total. The Morgan fingerprint density at radius 1 is 1.16 bits per heavy atom. The van der Waals surface area contributed by atoms with Crippen molar-refractivity contribution in [3.63, 3.8) is 0 Å². The second-order valence-electron chi connectivity index (χ2n) is 5.63. The van der Waals surface area contributed by atoms with Crippen LogP contribution in [0.25, 0.3) is 0 Å². The van der Waals surface area contributed by atoms with Crippen molar-refractivity contribution in [3.05, 3.63) is 0 Å². The molecule has 0 aromatic rings. The Labute approximate surface area is 113 Å². The van der Waals surface area contributed by atoms with Gasteiger partial charge in [0, 0.05) is 19.7 Å². The first-order valence-corrected chi connectivity index (χ1v) is 7.25. The summed E-state index contributed by atoms with van der Waals surface area (Å²) in [6.45, 7) is 1.90. The third-order valence-electron chi connectivity index (χ3n) is 4.32. The van der Waals surface area contributed by atoms with Crippen molar-refractivity contribution in [2.24, 2.45) is 11.8 Å². The molecule has 108 valence electrons. The molecule has 0 aromatic carbocycles. The molecule has 0 unspecified atom stereocenters. The third kappa shape index (κ3) is 4.20. The molecular formula is C14H23NO4. The zero-order valence-electron chi connectivity index (χ0n) is 11.3. The molecule has 0 spiro atoms. The van der Waals surface area contributed by atoms with E-state index in [-0.39, 0.29) is 18.4 Å². The van der Waals surface area contributed by atoms with Crippen molar-refractivity contribution in [1.82, 2.24) is 4.90 Å². The van der Waals surface area contributed by atoms with Crippen molar-refractivity contribution in [2.45, 2.75) is 38.5 Å². The normalized spacial score (nSPS) is 21.2. The van der Waals surface area contributed by atoms with E-state index in [1.807, 2.05) is 0 Å². The Bertz CT molecular complexity index is 319. The van der Waals surface area contributed by atoms with Gasteiger partial charge in [-0.15, -0.1) is 0 Å². The van der Waals surface area contributed by atoms with Crippen molar-refractivity contribution in [2.75, 3.05) is 26.3 Å². The number of rotatable bonds is 6. The van der Waals surface area contributed by atoms with Crippen LogP contribution >= 0.6 is 0 Å². The molecule has 1 N–H and O–H groups in total. The van der Waals surface area contributed by atoms with Gasteiger partial charge in [-0.2, -0.15) is 0 Å². The van der Waals surface area contributed by atoms with Crippen molar-refractivity contribution in [3.8, 4) is 0 Å². The predicted molar refractivity (Wildman–Crippen MR) is 69.7 cm³/mol. The van der Waals surface area contributed by atoms with Crippen LogP contribution in [0.5, 0.6) is 0 Å². The topological polar surface area (TPSA) is 66.8 Å². The van der Waals surface area contributed by atoms with Crippen LogP contribution in [0.2, 0.25) is 0 Å². The van der Waals surface area contributed by atoms with Crippen LogP contribution in [0.15, 0.2) is 0 Å². The number of carbonyl (C=O) groups excluding carboxylic acids is 1. The standard InChI is InChI=1S/C14H23NO4/c16-13(10-19-9-6-11-2-1-3-11)15-7-4-12(5-8-15)14(17)18/h11-12H,1-10H2,(H,17,18). The van der Waals surface area contributed by atoms with Gasteiger partial charge in [0.1, 0.15) is 6.61 Å². The summed E-state index contributed by atoms with van der Waals surface area (Å²) in [5.41, 5.74) is 0. The highest BCUT2D eigenvalue weighted by Crippen LogP contribution is 2.29. The number of likely N-dealkylation sites (tertiary alicyclic amines) is 1. The Kier molecular flexibility index (Phi) is 5.19. The Balaban J connectivity index is 1.57. The zero-order chi connectivity index (χ0) is 13.7. The molecule has 1 saturated carbocycles. The average molecular weight is 269 g/mol. The van der Waals surface area contributed by atoms with Crippen LogP contribution in [-0.2, 0) is 14.3 Å². The molecule has 1 aliphatic carbocycles. The van der Waals surface area contributed by atoms with E-state index in [9.17, 15) is 9.59 Å². The third-order valence-corrected chi connectivity index (χ3v) is 4.32. The molecule has 0 atom stereocenters. The maximum Gasteiger partial charge on any atom is 0.306 e. The monoisotopic (exact) mass is 269 g/mol. The van der Waals surface area contributed by atoms with E-state index < -0.39 is 5.97 Å². The number of carboxylic acid groups (broad SMARTS) is 1. The highest BCUT2D eigenvalue weighted by atomic mass is 16.5. The van der Waals surface area contributed by atoms with Crippen molar-refractivity contribution >= 4 is 11.9 Å². The van der Waals surface area contributed by atoms with Crippen molar-refractivity contribution < 1.29 is 19.4 Å². The predicted octanol–water partition coefficient (Wildman–Crippen LogP) is 1.52. The number of ether oxygens (including phenoxy) is 1. The van der Waals surface area contributed by atoms with E-state index >= 15 is 0 Å². The van der Waals surface area contributed by atoms with E-state index in [1.54, 1.807) is 4.90 Å². The number of nitrogens with zero attached hydrogens (tertiary/aromatic N) is 1. The summed E-state index contributed by atoms with van der Waals surface area (Å²) in [4.78, 5) is 24.4. The molecule has 1 saturated heterocycles. The van der Waals surface area contributed by atoms with Gasteiger partial charge in [-0.1, -0.05) is 19.3 Å². The number of carbonyl (C=O) groups is 2. The van der Waals surface area contributed by atoms with E-state index in [0.717, 1.165) is 12.3 Å². The molecule has 2 fully saturated rings. The number of hydrogen-bond donors (Lipinski definition) is 1. The van der Waals surface area contributed by atoms with E-state index in [2.05, 4.69) is 0 Å². The highest BCUT2D eigenvalue weighted by molar-refractivity contribution is 5.78. The van der Waals surface area contributed by atoms with Gasteiger partial charge in [-0.05, 0) is 25.2 Å². The molecule has 0 bridgehead atoms. The molecule has 5 heteroatoms. The van der Waals surface area contributed by atoms with Gasteiger partial charge in [0.05, 0.1) is 5.92 Å². The van der Waals surface area contributed by atoms with Gasteiger partial charge >= 0.3 is 5.97 Å². The van der Waals surface area contributed by atoms with Gasteiger partial charge in [-0.25, -0.2) is 0 Å². The van der Waals surface area contributed by atoms with Gasteiger partial charge < -0.3 is 14.7 Å². The minimum absolute atomic E-state index is 0.00236. The molecule has 0 radical (unpaired) electrons. The fourth-order valence-electron chi connectivity index (χ4n) is 2.66. The molecule has 1 aliphatic heterocycles. The van der Waals surface area contributed by atoms with Crippen LogP contribution in [0.3, 0.4) is 0 Å². The minimum atomic E-state index is -0.746. The fourth-order valence-corrected chi connectivity index (χ4v) is 2.66.